The van der Waals surface area contributed by atoms with Crippen molar-refractivity contribution in [3.8, 4) is 0 Å². The van der Waals surface area contributed by atoms with Crippen LogP contribution in [-0.2, 0) is 6.54 Å². The second-order valence-corrected chi connectivity index (χ2v) is 4.46. The van der Waals surface area contributed by atoms with Gasteiger partial charge in [0.15, 0.2) is 5.11 Å². The fraction of sp³-hybridized carbons (Fsp3) is 0.700. The summed E-state index contributed by atoms with van der Waals surface area (Å²) in [6.07, 6.45) is 4.52. The highest BCUT2D eigenvalue weighted by Gasteiger charge is 1.97. The van der Waals surface area contributed by atoms with Gasteiger partial charge in [0.05, 0.1) is 6.20 Å². The fourth-order valence-corrected chi connectivity index (χ4v) is 1.34. The van der Waals surface area contributed by atoms with Crippen molar-refractivity contribution in [2.45, 2.75) is 26.8 Å². The van der Waals surface area contributed by atoms with Crippen molar-refractivity contribution in [1.82, 2.24) is 25.6 Å². The molecule has 16 heavy (non-hydrogen) atoms. The molecule has 0 spiro atoms. The lowest BCUT2D eigenvalue weighted by Gasteiger charge is -2.11. The molecule has 90 valence electrons. The Kier molecular flexibility index (Phi) is 5.77. The third-order valence-electron chi connectivity index (χ3n) is 1.99. The van der Waals surface area contributed by atoms with Crippen LogP contribution in [0.15, 0.2) is 12.4 Å². The third kappa shape index (κ3) is 5.65. The molecule has 0 atom stereocenters. The minimum Gasteiger partial charge on any atom is -0.363 e. The number of aromatic nitrogens is 3. The fourth-order valence-electron chi connectivity index (χ4n) is 1.15. The molecule has 1 aromatic heterocycles. The van der Waals surface area contributed by atoms with Crippen LogP contribution in [0.2, 0.25) is 0 Å². The average Bonchev–Trinajstić information content (AvgIpc) is 2.74. The second kappa shape index (κ2) is 7.16. The van der Waals surface area contributed by atoms with Crippen LogP contribution in [0, 0.1) is 5.92 Å². The van der Waals surface area contributed by atoms with Crippen LogP contribution in [-0.4, -0.2) is 33.2 Å². The van der Waals surface area contributed by atoms with Gasteiger partial charge in [-0.2, -0.15) is 0 Å². The van der Waals surface area contributed by atoms with Crippen LogP contribution in [0.4, 0.5) is 0 Å². The molecular weight excluding hydrogens is 222 g/mol. The minimum absolute atomic E-state index is 0.606. The number of nitrogens with one attached hydrogen (secondary N) is 2. The number of rotatable bonds is 6. The van der Waals surface area contributed by atoms with E-state index in [4.69, 9.17) is 12.2 Å². The van der Waals surface area contributed by atoms with E-state index in [9.17, 15) is 0 Å². The van der Waals surface area contributed by atoms with Gasteiger partial charge in [0.1, 0.15) is 0 Å². The largest absolute Gasteiger partial charge is 0.363 e. The van der Waals surface area contributed by atoms with Gasteiger partial charge >= 0.3 is 0 Å². The maximum absolute atomic E-state index is 5.13. The zero-order chi connectivity index (χ0) is 11.8. The molecule has 0 saturated carbocycles. The van der Waals surface area contributed by atoms with Gasteiger partial charge in [-0.05, 0) is 24.6 Å². The molecule has 0 aliphatic heterocycles. The van der Waals surface area contributed by atoms with Gasteiger partial charge in [0, 0.05) is 25.8 Å². The lowest BCUT2D eigenvalue weighted by molar-refractivity contribution is 0.551. The van der Waals surface area contributed by atoms with Crippen molar-refractivity contribution in [3.05, 3.63) is 12.4 Å². The molecule has 0 aromatic carbocycles. The zero-order valence-corrected chi connectivity index (χ0v) is 10.6. The molecule has 0 fully saturated rings. The molecule has 5 nitrogen and oxygen atoms in total. The SMILES string of the molecule is CC(C)CNC(=S)NCCCn1ccnn1. The van der Waals surface area contributed by atoms with Crippen molar-refractivity contribution in [2.75, 3.05) is 13.1 Å². The first-order valence-corrected chi connectivity index (χ1v) is 5.95. The van der Waals surface area contributed by atoms with E-state index >= 15 is 0 Å². The maximum Gasteiger partial charge on any atom is 0.166 e. The highest BCUT2D eigenvalue weighted by Crippen LogP contribution is 1.88. The zero-order valence-electron chi connectivity index (χ0n) is 9.81. The predicted octanol–water partition coefficient (Wildman–Crippen LogP) is 0.788. The molecule has 0 aliphatic rings. The molecule has 2 N–H and O–H groups in total. The van der Waals surface area contributed by atoms with Gasteiger partial charge in [-0.3, -0.25) is 4.68 Å². The minimum atomic E-state index is 0.606. The summed E-state index contributed by atoms with van der Waals surface area (Å²) in [4.78, 5) is 0. The Balaban J connectivity index is 2.00. The number of nitrogens with zero attached hydrogens (tertiary/aromatic N) is 3. The van der Waals surface area contributed by atoms with E-state index in [1.54, 1.807) is 6.20 Å². The van der Waals surface area contributed by atoms with Gasteiger partial charge in [-0.1, -0.05) is 19.1 Å². The summed E-state index contributed by atoms with van der Waals surface area (Å²) in [5, 5.41) is 14.7. The Labute approximate surface area is 102 Å². The first-order chi connectivity index (χ1) is 7.68. The quantitative estimate of drug-likeness (QED) is 0.569. The number of hydrogen-bond acceptors (Lipinski definition) is 3. The average molecular weight is 241 g/mol. The Morgan fingerprint density at radius 3 is 2.88 bits per heavy atom. The van der Waals surface area contributed by atoms with E-state index in [2.05, 4.69) is 34.8 Å². The summed E-state index contributed by atoms with van der Waals surface area (Å²) in [6, 6.07) is 0. The van der Waals surface area contributed by atoms with Gasteiger partial charge in [-0.15, -0.1) is 5.10 Å². The molecule has 0 saturated heterocycles. The maximum atomic E-state index is 5.13. The summed E-state index contributed by atoms with van der Waals surface area (Å²) >= 11 is 5.13. The molecule has 0 amide bonds. The van der Waals surface area contributed by atoms with Crippen molar-refractivity contribution >= 4 is 17.3 Å². The number of thiocarbonyl (C=S) groups is 1. The van der Waals surface area contributed by atoms with Crippen molar-refractivity contribution in [3.63, 3.8) is 0 Å². The molecule has 6 heteroatoms. The van der Waals surface area contributed by atoms with Crippen molar-refractivity contribution in [1.29, 1.82) is 0 Å². The van der Waals surface area contributed by atoms with E-state index in [1.807, 2.05) is 10.9 Å². The Morgan fingerprint density at radius 2 is 2.25 bits per heavy atom. The highest BCUT2D eigenvalue weighted by molar-refractivity contribution is 7.80. The van der Waals surface area contributed by atoms with Gasteiger partial charge in [0.2, 0.25) is 0 Å². The normalized spacial score (nSPS) is 10.4. The molecule has 1 rings (SSSR count). The Bertz CT molecular complexity index is 296. The first-order valence-electron chi connectivity index (χ1n) is 5.54. The first kappa shape index (κ1) is 12.9. The summed E-state index contributed by atoms with van der Waals surface area (Å²) in [5.41, 5.74) is 0. The van der Waals surface area contributed by atoms with E-state index in [1.165, 1.54) is 0 Å². The van der Waals surface area contributed by atoms with Crippen LogP contribution in [0.5, 0.6) is 0 Å². The number of aryl methyl sites for hydroxylation is 1. The van der Waals surface area contributed by atoms with E-state index in [0.29, 0.717) is 5.92 Å². The predicted molar refractivity (Wildman–Crippen MR) is 68.1 cm³/mol. The van der Waals surface area contributed by atoms with Crippen molar-refractivity contribution in [2.24, 2.45) is 5.92 Å². The van der Waals surface area contributed by atoms with E-state index in [-0.39, 0.29) is 0 Å². The van der Waals surface area contributed by atoms with Crippen LogP contribution >= 0.6 is 12.2 Å². The Hall–Kier alpha value is -1.17. The van der Waals surface area contributed by atoms with Crippen LogP contribution < -0.4 is 10.6 Å². The van der Waals surface area contributed by atoms with E-state index in [0.717, 1.165) is 31.2 Å². The topological polar surface area (TPSA) is 54.8 Å². The molecule has 1 aromatic rings. The summed E-state index contributed by atoms with van der Waals surface area (Å²) in [7, 11) is 0. The molecule has 1 heterocycles. The van der Waals surface area contributed by atoms with Crippen LogP contribution in [0.1, 0.15) is 20.3 Å². The van der Waals surface area contributed by atoms with Crippen LogP contribution in [0.3, 0.4) is 0 Å². The summed E-state index contributed by atoms with van der Waals surface area (Å²) < 4.78 is 1.81. The van der Waals surface area contributed by atoms with Crippen molar-refractivity contribution < 1.29 is 0 Å². The molecule has 0 unspecified atom stereocenters. The highest BCUT2D eigenvalue weighted by atomic mass is 32.1. The third-order valence-corrected chi connectivity index (χ3v) is 2.28. The van der Waals surface area contributed by atoms with Gasteiger partial charge < -0.3 is 10.6 Å². The Morgan fingerprint density at radius 1 is 1.44 bits per heavy atom. The smallest absolute Gasteiger partial charge is 0.166 e. The molecule has 0 radical (unpaired) electrons. The van der Waals surface area contributed by atoms with E-state index < -0.39 is 0 Å². The molecule has 0 bridgehead atoms. The lowest BCUT2D eigenvalue weighted by Crippen LogP contribution is -2.37. The van der Waals surface area contributed by atoms with Crippen LogP contribution in [0.25, 0.3) is 0 Å². The lowest BCUT2D eigenvalue weighted by atomic mass is 10.2. The summed E-state index contributed by atoms with van der Waals surface area (Å²) in [6.45, 7) is 6.93. The standard InChI is InChI=1S/C10H19N5S/c1-9(2)8-12-10(16)11-4-3-6-15-7-5-13-14-15/h5,7,9H,3-4,6,8H2,1-2H3,(H2,11,12,16). The monoisotopic (exact) mass is 241 g/mol. The molecular formula is C10H19N5S. The molecule has 0 aliphatic carbocycles. The van der Waals surface area contributed by atoms with Gasteiger partial charge in [0.25, 0.3) is 0 Å². The summed E-state index contributed by atoms with van der Waals surface area (Å²) in [5.74, 6) is 0.606. The number of hydrogen-bond donors (Lipinski definition) is 2. The van der Waals surface area contributed by atoms with Gasteiger partial charge in [-0.25, -0.2) is 0 Å². The second-order valence-electron chi connectivity index (χ2n) is 4.05.